The predicted octanol–water partition coefficient (Wildman–Crippen LogP) is 4.10. The first kappa shape index (κ1) is 11.6. The summed E-state index contributed by atoms with van der Waals surface area (Å²) in [6.45, 7) is 4.01. The summed E-state index contributed by atoms with van der Waals surface area (Å²) in [5.74, 6) is 0. The van der Waals surface area contributed by atoms with Gasteiger partial charge in [0.2, 0.25) is 0 Å². The Morgan fingerprint density at radius 3 is 2.50 bits per heavy atom. The molecule has 0 saturated carbocycles. The van der Waals surface area contributed by atoms with E-state index in [0.717, 1.165) is 16.0 Å². The lowest BCUT2D eigenvalue weighted by molar-refractivity contribution is 0.224. The molecule has 0 radical (unpaired) electrons. The van der Waals surface area contributed by atoms with Crippen molar-refractivity contribution in [2.24, 2.45) is 0 Å². The minimum Gasteiger partial charge on any atom is -0.383 e. The van der Waals surface area contributed by atoms with Gasteiger partial charge < -0.3 is 5.11 Å². The molecule has 2 rings (SSSR count). The number of aliphatic hydroxyl groups excluding tert-OH is 1. The Labute approximate surface area is 104 Å². The Balaban J connectivity index is 2.37. The smallest absolute Gasteiger partial charge is 0.115 e. The van der Waals surface area contributed by atoms with Crippen LogP contribution in [0.4, 0.5) is 0 Å². The van der Waals surface area contributed by atoms with E-state index in [4.69, 9.17) is 11.6 Å². The third kappa shape index (κ3) is 2.29. The molecule has 0 aliphatic heterocycles. The van der Waals surface area contributed by atoms with Crippen LogP contribution in [0.5, 0.6) is 0 Å². The highest BCUT2D eigenvalue weighted by Gasteiger charge is 2.15. The highest BCUT2D eigenvalue weighted by Crippen LogP contribution is 2.32. The van der Waals surface area contributed by atoms with Crippen molar-refractivity contribution < 1.29 is 5.11 Å². The number of rotatable bonds is 2. The summed E-state index contributed by atoms with van der Waals surface area (Å²) in [6.07, 6.45) is -0.619. The monoisotopic (exact) mass is 252 g/mol. The van der Waals surface area contributed by atoms with Gasteiger partial charge in [0.05, 0.1) is 0 Å². The van der Waals surface area contributed by atoms with E-state index in [-0.39, 0.29) is 0 Å². The molecular weight excluding hydrogens is 240 g/mol. The number of thiophene rings is 1. The van der Waals surface area contributed by atoms with Crippen LogP contribution >= 0.6 is 22.9 Å². The molecule has 1 heterocycles. The molecule has 0 amide bonds. The predicted molar refractivity (Wildman–Crippen MR) is 69.3 cm³/mol. The molecule has 2 aromatic rings. The molecule has 0 aliphatic carbocycles. The second-order valence-electron chi connectivity index (χ2n) is 3.88. The molecule has 0 fully saturated rings. The third-order valence-electron chi connectivity index (χ3n) is 2.48. The van der Waals surface area contributed by atoms with Crippen LogP contribution in [0.15, 0.2) is 30.3 Å². The fourth-order valence-corrected chi connectivity index (χ4v) is 2.83. The van der Waals surface area contributed by atoms with Gasteiger partial charge in [-0.3, -0.25) is 0 Å². The quantitative estimate of drug-likeness (QED) is 0.853. The number of benzene rings is 1. The zero-order valence-electron chi connectivity index (χ0n) is 9.20. The zero-order valence-corrected chi connectivity index (χ0v) is 10.8. The van der Waals surface area contributed by atoms with E-state index in [2.05, 4.69) is 0 Å². The molecule has 16 heavy (non-hydrogen) atoms. The largest absolute Gasteiger partial charge is 0.383 e. The number of hydrogen-bond acceptors (Lipinski definition) is 2. The molecular formula is C13H13ClOS. The molecule has 0 saturated heterocycles. The van der Waals surface area contributed by atoms with Crippen molar-refractivity contribution in [2.45, 2.75) is 20.0 Å². The van der Waals surface area contributed by atoms with Gasteiger partial charge in [0, 0.05) is 20.3 Å². The van der Waals surface area contributed by atoms with Crippen molar-refractivity contribution in [1.82, 2.24) is 0 Å². The summed E-state index contributed by atoms with van der Waals surface area (Å²) < 4.78 is 0. The molecule has 1 atom stereocenters. The third-order valence-corrected chi connectivity index (χ3v) is 3.86. The van der Waals surface area contributed by atoms with Gasteiger partial charge in [-0.1, -0.05) is 23.7 Å². The second kappa shape index (κ2) is 4.58. The van der Waals surface area contributed by atoms with E-state index < -0.39 is 6.10 Å². The maximum absolute atomic E-state index is 10.2. The Morgan fingerprint density at radius 2 is 1.94 bits per heavy atom. The summed E-state index contributed by atoms with van der Waals surface area (Å²) in [7, 11) is 0. The highest BCUT2D eigenvalue weighted by atomic mass is 35.5. The van der Waals surface area contributed by atoms with Crippen molar-refractivity contribution in [3.63, 3.8) is 0 Å². The van der Waals surface area contributed by atoms with E-state index in [1.807, 2.05) is 44.2 Å². The first-order valence-corrected chi connectivity index (χ1v) is 6.28. The molecule has 1 unspecified atom stereocenters. The Morgan fingerprint density at radius 1 is 1.19 bits per heavy atom. The Hall–Kier alpha value is -0.830. The summed E-state index contributed by atoms with van der Waals surface area (Å²) in [5, 5.41) is 10.8. The number of halogens is 1. The summed E-state index contributed by atoms with van der Waals surface area (Å²) in [4.78, 5) is 2.13. The van der Waals surface area contributed by atoms with Gasteiger partial charge in [0.25, 0.3) is 0 Å². The Kier molecular flexibility index (Phi) is 3.33. The molecule has 1 aromatic heterocycles. The maximum Gasteiger partial charge on any atom is 0.115 e. The van der Waals surface area contributed by atoms with Crippen molar-refractivity contribution in [3.05, 3.63) is 56.2 Å². The standard InChI is InChI=1S/C13H13ClOS/c1-8-3-5-10(11(14)7-8)13(15)12-6-4-9(2)16-12/h3-7,13,15H,1-2H3. The van der Waals surface area contributed by atoms with Crippen LogP contribution in [0.1, 0.15) is 27.0 Å². The average Bonchev–Trinajstić information content (AvgIpc) is 2.64. The van der Waals surface area contributed by atoms with Gasteiger partial charge >= 0.3 is 0 Å². The minimum absolute atomic E-state index is 0.619. The fraction of sp³-hybridized carbons (Fsp3) is 0.231. The van der Waals surface area contributed by atoms with Gasteiger partial charge in [-0.15, -0.1) is 11.3 Å². The van der Waals surface area contributed by atoms with Gasteiger partial charge in [0.15, 0.2) is 0 Å². The van der Waals surface area contributed by atoms with Gasteiger partial charge in [-0.05, 0) is 37.6 Å². The summed E-state index contributed by atoms with van der Waals surface area (Å²) in [6, 6.07) is 9.68. The molecule has 1 N–H and O–H groups in total. The molecule has 0 aliphatic rings. The van der Waals surface area contributed by atoms with E-state index in [0.29, 0.717) is 5.02 Å². The second-order valence-corrected chi connectivity index (χ2v) is 5.60. The van der Waals surface area contributed by atoms with Crippen molar-refractivity contribution in [3.8, 4) is 0 Å². The number of aryl methyl sites for hydroxylation is 2. The van der Waals surface area contributed by atoms with Gasteiger partial charge in [-0.2, -0.15) is 0 Å². The van der Waals surface area contributed by atoms with Crippen LogP contribution in [-0.4, -0.2) is 5.11 Å². The topological polar surface area (TPSA) is 20.2 Å². The zero-order chi connectivity index (χ0) is 11.7. The van der Waals surface area contributed by atoms with E-state index in [9.17, 15) is 5.11 Å². The lowest BCUT2D eigenvalue weighted by Gasteiger charge is -2.11. The maximum atomic E-state index is 10.2. The normalized spacial score (nSPS) is 12.8. The average molecular weight is 253 g/mol. The van der Waals surface area contributed by atoms with Gasteiger partial charge in [-0.25, -0.2) is 0 Å². The van der Waals surface area contributed by atoms with Crippen LogP contribution in [-0.2, 0) is 0 Å². The fourth-order valence-electron chi connectivity index (χ4n) is 1.61. The van der Waals surface area contributed by atoms with E-state index in [1.165, 1.54) is 4.88 Å². The van der Waals surface area contributed by atoms with Crippen LogP contribution in [0.3, 0.4) is 0 Å². The van der Waals surface area contributed by atoms with E-state index in [1.54, 1.807) is 11.3 Å². The molecule has 0 bridgehead atoms. The molecule has 84 valence electrons. The van der Waals surface area contributed by atoms with Crippen molar-refractivity contribution in [1.29, 1.82) is 0 Å². The summed E-state index contributed by atoms with van der Waals surface area (Å²) >= 11 is 7.72. The molecule has 0 spiro atoms. The number of hydrogen-bond donors (Lipinski definition) is 1. The lowest BCUT2D eigenvalue weighted by atomic mass is 10.1. The SMILES string of the molecule is Cc1ccc(C(O)c2ccc(C)s2)c(Cl)c1. The molecule has 1 nitrogen and oxygen atoms in total. The van der Waals surface area contributed by atoms with Crippen LogP contribution in [0.2, 0.25) is 5.02 Å². The van der Waals surface area contributed by atoms with Crippen LogP contribution in [0, 0.1) is 13.8 Å². The van der Waals surface area contributed by atoms with Crippen LogP contribution in [0.25, 0.3) is 0 Å². The minimum atomic E-state index is -0.619. The Bertz CT molecular complexity index is 504. The highest BCUT2D eigenvalue weighted by molar-refractivity contribution is 7.12. The van der Waals surface area contributed by atoms with Gasteiger partial charge in [0.1, 0.15) is 6.10 Å². The van der Waals surface area contributed by atoms with Crippen molar-refractivity contribution >= 4 is 22.9 Å². The van der Waals surface area contributed by atoms with Crippen LogP contribution < -0.4 is 0 Å². The molecule has 3 heteroatoms. The first-order valence-electron chi connectivity index (χ1n) is 5.08. The summed E-state index contributed by atoms with van der Waals surface area (Å²) in [5.41, 5.74) is 1.87. The van der Waals surface area contributed by atoms with Crippen molar-refractivity contribution in [2.75, 3.05) is 0 Å². The van der Waals surface area contributed by atoms with E-state index >= 15 is 0 Å². The number of aliphatic hydroxyl groups is 1. The molecule has 1 aromatic carbocycles. The first-order chi connectivity index (χ1) is 7.58. The lowest BCUT2D eigenvalue weighted by Crippen LogP contribution is -1.98.